The predicted molar refractivity (Wildman–Crippen MR) is 121 cm³/mol. The van der Waals surface area contributed by atoms with Crippen LogP contribution in [0.4, 0.5) is 0 Å². The monoisotopic (exact) mass is 423 g/mol. The number of carbonyl (C=O) groups excluding carboxylic acids is 3. The lowest BCUT2D eigenvalue weighted by atomic mass is 9.83. The first kappa shape index (κ1) is 24.3. The lowest BCUT2D eigenvalue weighted by Gasteiger charge is -2.24. The number of nitrogens with one attached hydrogen (secondary N) is 1. The summed E-state index contributed by atoms with van der Waals surface area (Å²) < 4.78 is 5.19. The van der Waals surface area contributed by atoms with Crippen molar-refractivity contribution in [3.8, 4) is 0 Å². The summed E-state index contributed by atoms with van der Waals surface area (Å²) in [5.41, 5.74) is 1.35. The molecule has 0 aromatic heterocycles. The van der Waals surface area contributed by atoms with Gasteiger partial charge in [-0.15, -0.1) is 0 Å². The maximum atomic E-state index is 13.2. The minimum absolute atomic E-state index is 0.0133. The van der Waals surface area contributed by atoms with Gasteiger partial charge in [0, 0.05) is 24.2 Å². The van der Waals surface area contributed by atoms with Crippen molar-refractivity contribution in [2.45, 2.75) is 53.0 Å². The first-order valence-electron chi connectivity index (χ1n) is 10.8. The lowest BCUT2D eigenvalue weighted by Crippen LogP contribution is -2.47. The molecule has 166 valence electrons. The number of rotatable bonds is 10. The second kappa shape index (κ2) is 11.4. The number of esters is 1. The van der Waals surface area contributed by atoms with E-state index in [1.54, 1.807) is 6.92 Å². The van der Waals surface area contributed by atoms with E-state index < -0.39 is 23.3 Å². The molecule has 0 spiro atoms. The van der Waals surface area contributed by atoms with Crippen LogP contribution in [0, 0.1) is 11.3 Å². The fourth-order valence-corrected chi connectivity index (χ4v) is 3.26. The van der Waals surface area contributed by atoms with Crippen molar-refractivity contribution in [3.63, 3.8) is 0 Å². The summed E-state index contributed by atoms with van der Waals surface area (Å²) in [6.45, 7) is 7.52. The number of amides is 1. The quantitative estimate of drug-likeness (QED) is 0.583. The van der Waals surface area contributed by atoms with Crippen LogP contribution in [-0.4, -0.2) is 30.3 Å². The first-order chi connectivity index (χ1) is 14.7. The van der Waals surface area contributed by atoms with E-state index in [0.29, 0.717) is 12.8 Å². The van der Waals surface area contributed by atoms with Gasteiger partial charge in [0.2, 0.25) is 5.91 Å². The third kappa shape index (κ3) is 8.00. The Kier molecular flexibility index (Phi) is 8.98. The first-order valence-corrected chi connectivity index (χ1v) is 10.8. The maximum Gasteiger partial charge on any atom is 0.328 e. The van der Waals surface area contributed by atoms with E-state index in [2.05, 4.69) is 5.32 Å². The highest BCUT2D eigenvalue weighted by Crippen LogP contribution is 2.23. The Hall–Kier alpha value is -2.95. The van der Waals surface area contributed by atoms with Gasteiger partial charge in [-0.05, 0) is 24.5 Å². The van der Waals surface area contributed by atoms with Crippen LogP contribution >= 0.6 is 0 Å². The Labute approximate surface area is 185 Å². The number of benzene rings is 2. The molecule has 0 unspecified atom stereocenters. The van der Waals surface area contributed by atoms with Crippen molar-refractivity contribution < 1.29 is 19.1 Å². The molecule has 0 aliphatic carbocycles. The molecule has 31 heavy (non-hydrogen) atoms. The third-order valence-corrected chi connectivity index (χ3v) is 5.13. The van der Waals surface area contributed by atoms with E-state index in [4.69, 9.17) is 4.74 Å². The molecule has 2 aromatic rings. The molecule has 0 saturated carbocycles. The van der Waals surface area contributed by atoms with Gasteiger partial charge in [0.05, 0.1) is 6.61 Å². The summed E-state index contributed by atoms with van der Waals surface area (Å²) in [4.78, 5) is 38.5. The number of hydrogen-bond donors (Lipinski definition) is 1. The highest BCUT2D eigenvalue weighted by molar-refractivity contribution is 5.91. The molecule has 0 radical (unpaired) electrons. The van der Waals surface area contributed by atoms with E-state index in [1.807, 2.05) is 81.4 Å². The molecule has 5 heteroatoms. The van der Waals surface area contributed by atoms with Gasteiger partial charge < -0.3 is 10.1 Å². The van der Waals surface area contributed by atoms with E-state index in [1.165, 1.54) is 0 Å². The van der Waals surface area contributed by atoms with Gasteiger partial charge in [-0.3, -0.25) is 9.59 Å². The Morgan fingerprint density at radius 3 is 1.87 bits per heavy atom. The summed E-state index contributed by atoms with van der Waals surface area (Å²) in [6.07, 6.45) is 0.872. The van der Waals surface area contributed by atoms with Crippen molar-refractivity contribution in [2.24, 2.45) is 11.3 Å². The van der Waals surface area contributed by atoms with Crippen molar-refractivity contribution in [3.05, 3.63) is 71.8 Å². The summed E-state index contributed by atoms with van der Waals surface area (Å²) >= 11 is 0. The summed E-state index contributed by atoms with van der Waals surface area (Å²) in [6, 6.07) is 18.3. The molecule has 2 rings (SSSR count). The molecule has 0 heterocycles. The number of Topliss-reactive ketones (excluding diaryl/α,β-unsaturated/α-hetero) is 1. The zero-order valence-electron chi connectivity index (χ0n) is 18.9. The Morgan fingerprint density at radius 1 is 0.871 bits per heavy atom. The van der Waals surface area contributed by atoms with Crippen LogP contribution in [0.3, 0.4) is 0 Å². The van der Waals surface area contributed by atoms with Gasteiger partial charge in [0.1, 0.15) is 11.8 Å². The molecule has 5 nitrogen and oxygen atoms in total. The average molecular weight is 424 g/mol. The van der Waals surface area contributed by atoms with Crippen molar-refractivity contribution in [1.29, 1.82) is 0 Å². The topological polar surface area (TPSA) is 72.5 Å². The van der Waals surface area contributed by atoms with Crippen molar-refractivity contribution >= 4 is 17.7 Å². The SMILES string of the molecule is CCOC(=O)[C@H](Cc1ccccc1)NC(=O)[C@@H](CC(=O)C(C)(C)C)Cc1ccccc1. The highest BCUT2D eigenvalue weighted by atomic mass is 16.5. The number of hydrogen-bond acceptors (Lipinski definition) is 4. The van der Waals surface area contributed by atoms with Crippen LogP contribution in [0.2, 0.25) is 0 Å². The Balaban J connectivity index is 2.22. The van der Waals surface area contributed by atoms with Gasteiger partial charge in [0.25, 0.3) is 0 Å². The molecule has 1 amide bonds. The molecule has 0 bridgehead atoms. The number of ether oxygens (including phenoxy) is 1. The van der Waals surface area contributed by atoms with Crippen LogP contribution in [-0.2, 0) is 32.0 Å². The molecule has 2 atom stereocenters. The second-order valence-corrected chi connectivity index (χ2v) is 8.77. The largest absolute Gasteiger partial charge is 0.464 e. The van der Waals surface area contributed by atoms with Crippen LogP contribution in [0.15, 0.2) is 60.7 Å². The van der Waals surface area contributed by atoms with Gasteiger partial charge in [-0.1, -0.05) is 81.4 Å². The number of ketones is 1. The summed E-state index contributed by atoms with van der Waals surface area (Å²) in [5.74, 6) is -1.34. The molecular formula is C26H33NO4. The van der Waals surface area contributed by atoms with Crippen LogP contribution in [0.5, 0.6) is 0 Å². The van der Waals surface area contributed by atoms with Gasteiger partial charge in [-0.2, -0.15) is 0 Å². The van der Waals surface area contributed by atoms with Gasteiger partial charge in [0.15, 0.2) is 0 Å². The zero-order chi connectivity index (χ0) is 22.9. The number of carbonyl (C=O) groups is 3. The van der Waals surface area contributed by atoms with Crippen LogP contribution in [0.25, 0.3) is 0 Å². The maximum absolute atomic E-state index is 13.2. The fraction of sp³-hybridized carbons (Fsp3) is 0.423. The van der Waals surface area contributed by atoms with Crippen LogP contribution in [0.1, 0.15) is 45.2 Å². The molecule has 0 aliphatic heterocycles. The standard InChI is InChI=1S/C26H33NO4/c1-5-31-25(30)22(17-20-14-10-7-11-15-20)27-24(29)21(18-23(28)26(2,3)4)16-19-12-8-6-9-13-19/h6-15,21-22H,5,16-18H2,1-4H3,(H,27,29)/t21-,22+/m1/s1. The minimum Gasteiger partial charge on any atom is -0.464 e. The van der Waals surface area contributed by atoms with Gasteiger partial charge >= 0.3 is 5.97 Å². The Morgan fingerprint density at radius 2 is 1.39 bits per heavy atom. The van der Waals surface area contributed by atoms with E-state index in [-0.39, 0.29) is 24.7 Å². The minimum atomic E-state index is -0.808. The second-order valence-electron chi connectivity index (χ2n) is 8.77. The summed E-state index contributed by atoms with van der Waals surface area (Å²) in [5, 5.41) is 2.86. The summed E-state index contributed by atoms with van der Waals surface area (Å²) in [7, 11) is 0. The molecule has 0 saturated heterocycles. The normalized spacial score (nSPS) is 13.2. The van der Waals surface area contributed by atoms with Gasteiger partial charge in [-0.25, -0.2) is 4.79 Å². The molecular weight excluding hydrogens is 390 g/mol. The fourth-order valence-electron chi connectivity index (χ4n) is 3.26. The van der Waals surface area contributed by atoms with Crippen LogP contribution < -0.4 is 5.32 Å². The van der Waals surface area contributed by atoms with Crippen molar-refractivity contribution in [1.82, 2.24) is 5.32 Å². The van der Waals surface area contributed by atoms with E-state index in [9.17, 15) is 14.4 Å². The van der Waals surface area contributed by atoms with E-state index in [0.717, 1.165) is 11.1 Å². The van der Waals surface area contributed by atoms with Crippen molar-refractivity contribution in [2.75, 3.05) is 6.61 Å². The molecule has 0 aliphatic rings. The molecule has 2 aromatic carbocycles. The average Bonchev–Trinajstić information content (AvgIpc) is 2.73. The zero-order valence-corrected chi connectivity index (χ0v) is 18.9. The molecule has 0 fully saturated rings. The van der Waals surface area contributed by atoms with E-state index >= 15 is 0 Å². The predicted octanol–water partition coefficient (Wildman–Crippen LogP) is 4.14. The lowest BCUT2D eigenvalue weighted by molar-refractivity contribution is -0.148. The smallest absolute Gasteiger partial charge is 0.328 e. The Bertz CT molecular complexity index is 856. The highest BCUT2D eigenvalue weighted by Gasteiger charge is 2.31. The third-order valence-electron chi connectivity index (χ3n) is 5.13. The molecule has 1 N–H and O–H groups in total.